The predicted octanol–water partition coefficient (Wildman–Crippen LogP) is 5.33. The van der Waals surface area contributed by atoms with E-state index in [9.17, 15) is 9.18 Å². The molecule has 0 aliphatic carbocycles. The van der Waals surface area contributed by atoms with E-state index >= 15 is 0 Å². The van der Waals surface area contributed by atoms with Gasteiger partial charge < -0.3 is 33.2 Å². The van der Waals surface area contributed by atoms with E-state index in [0.29, 0.717) is 74.5 Å². The van der Waals surface area contributed by atoms with E-state index in [1.54, 1.807) is 37.3 Å². The molecule has 0 saturated carbocycles. The van der Waals surface area contributed by atoms with Gasteiger partial charge in [0.15, 0.2) is 28.8 Å². The fourth-order valence-corrected chi connectivity index (χ4v) is 5.52. The average molecular weight is 588 g/mol. The first kappa shape index (κ1) is 28.4. The number of amides is 1. The molecule has 43 heavy (non-hydrogen) atoms. The lowest BCUT2D eigenvalue weighted by molar-refractivity contribution is 0.0710. The second-order valence-corrected chi connectivity index (χ2v) is 10.5. The highest BCUT2D eigenvalue weighted by atomic mass is 19.1. The Kier molecular flexibility index (Phi) is 8.37. The molecule has 6 rings (SSSR count). The Hall–Kier alpha value is -4.70. The molecule has 2 aliphatic heterocycles. The number of anilines is 1. The van der Waals surface area contributed by atoms with Gasteiger partial charge in [0.05, 0.1) is 26.5 Å². The lowest BCUT2D eigenvalue weighted by Crippen LogP contribution is -2.49. The van der Waals surface area contributed by atoms with Crippen LogP contribution in [0.4, 0.5) is 10.1 Å². The van der Waals surface area contributed by atoms with Crippen molar-refractivity contribution in [2.24, 2.45) is 0 Å². The summed E-state index contributed by atoms with van der Waals surface area (Å²) in [5.41, 5.74) is 2.65. The number of carbonyl (C=O) groups is 1. The van der Waals surface area contributed by atoms with E-state index in [0.717, 1.165) is 22.6 Å². The van der Waals surface area contributed by atoms with Gasteiger partial charge in [-0.25, -0.2) is 4.39 Å². The van der Waals surface area contributed by atoms with Crippen molar-refractivity contribution in [3.63, 3.8) is 0 Å². The lowest BCUT2D eigenvalue weighted by atomic mass is 10.1. The number of para-hydroxylation sites is 1. The first-order valence-corrected chi connectivity index (χ1v) is 14.2. The number of nitrogens with zero attached hydrogens (tertiary/aromatic N) is 3. The zero-order chi connectivity index (χ0) is 29.8. The van der Waals surface area contributed by atoms with Crippen LogP contribution in [-0.4, -0.2) is 62.9 Å². The summed E-state index contributed by atoms with van der Waals surface area (Å²) in [6.45, 7) is 3.96. The monoisotopic (exact) mass is 587 g/mol. The molecule has 0 unspecified atom stereocenters. The van der Waals surface area contributed by atoms with Gasteiger partial charge in [-0.3, -0.25) is 9.69 Å². The lowest BCUT2D eigenvalue weighted by Gasteiger charge is -2.35. The third-order valence-corrected chi connectivity index (χ3v) is 7.71. The number of hydrogen-bond donors (Lipinski definition) is 0. The van der Waals surface area contributed by atoms with Crippen LogP contribution in [0.2, 0.25) is 0 Å². The van der Waals surface area contributed by atoms with E-state index in [-0.39, 0.29) is 18.5 Å². The van der Waals surface area contributed by atoms with E-state index in [4.69, 9.17) is 23.4 Å². The van der Waals surface area contributed by atoms with Crippen molar-refractivity contribution in [1.29, 1.82) is 0 Å². The SMILES string of the molecule is COc1ccc(CN(Cc2ccc3c(c2)OCO3)Cc2ccc(C(=O)N3CCN(c4ccccc4F)CC3)o2)cc1OC. The molecular formula is C33H34FN3O6. The molecule has 0 atom stereocenters. The molecule has 0 N–H and O–H groups in total. The van der Waals surface area contributed by atoms with Crippen LogP contribution < -0.4 is 23.8 Å². The fourth-order valence-electron chi connectivity index (χ4n) is 5.52. The highest BCUT2D eigenvalue weighted by Gasteiger charge is 2.26. The Labute approximate surface area is 249 Å². The van der Waals surface area contributed by atoms with Gasteiger partial charge in [-0.05, 0) is 59.7 Å². The van der Waals surface area contributed by atoms with Gasteiger partial charge in [0.2, 0.25) is 6.79 Å². The molecule has 1 amide bonds. The summed E-state index contributed by atoms with van der Waals surface area (Å²) < 4.78 is 42.3. The highest BCUT2D eigenvalue weighted by Crippen LogP contribution is 2.34. The van der Waals surface area contributed by atoms with Gasteiger partial charge in [-0.1, -0.05) is 24.3 Å². The summed E-state index contributed by atoms with van der Waals surface area (Å²) in [5, 5.41) is 0. The Morgan fingerprint density at radius 1 is 0.814 bits per heavy atom. The van der Waals surface area contributed by atoms with Crippen LogP contribution in [0.3, 0.4) is 0 Å². The molecule has 0 bridgehead atoms. The number of rotatable bonds is 10. The van der Waals surface area contributed by atoms with Crippen molar-refractivity contribution in [3.05, 3.63) is 101 Å². The summed E-state index contributed by atoms with van der Waals surface area (Å²) in [7, 11) is 3.23. The van der Waals surface area contributed by atoms with Crippen LogP contribution in [0.25, 0.3) is 0 Å². The summed E-state index contributed by atoms with van der Waals surface area (Å²) in [5.74, 6) is 3.33. The number of fused-ring (bicyclic) bond motifs is 1. The molecule has 0 spiro atoms. The summed E-state index contributed by atoms with van der Waals surface area (Å²) in [4.78, 5) is 19.3. The van der Waals surface area contributed by atoms with Gasteiger partial charge in [0, 0.05) is 39.3 Å². The Bertz CT molecular complexity index is 1580. The zero-order valence-corrected chi connectivity index (χ0v) is 24.3. The molecule has 10 heteroatoms. The van der Waals surface area contributed by atoms with Crippen LogP contribution in [-0.2, 0) is 19.6 Å². The molecule has 3 aromatic carbocycles. The molecule has 2 aliphatic rings. The summed E-state index contributed by atoms with van der Waals surface area (Å²) in [6, 6.07) is 22.1. The van der Waals surface area contributed by atoms with Gasteiger partial charge in [0.25, 0.3) is 5.91 Å². The van der Waals surface area contributed by atoms with Gasteiger partial charge in [-0.2, -0.15) is 0 Å². The fraction of sp³-hybridized carbons (Fsp3) is 0.303. The summed E-state index contributed by atoms with van der Waals surface area (Å²) >= 11 is 0. The number of furan rings is 1. The molecule has 1 saturated heterocycles. The third-order valence-electron chi connectivity index (χ3n) is 7.71. The number of methoxy groups -OCH3 is 2. The molecule has 9 nitrogen and oxygen atoms in total. The minimum atomic E-state index is -0.253. The topological polar surface area (TPSA) is 76.9 Å². The van der Waals surface area contributed by atoms with E-state index in [1.165, 1.54) is 6.07 Å². The van der Waals surface area contributed by atoms with E-state index in [2.05, 4.69) is 4.90 Å². The van der Waals surface area contributed by atoms with Gasteiger partial charge in [0.1, 0.15) is 11.6 Å². The van der Waals surface area contributed by atoms with Crippen LogP contribution in [0.5, 0.6) is 23.0 Å². The molecule has 224 valence electrons. The van der Waals surface area contributed by atoms with Crippen molar-refractivity contribution in [2.75, 3.05) is 52.1 Å². The molecule has 1 fully saturated rings. The average Bonchev–Trinajstić information content (AvgIpc) is 3.70. The number of ether oxygens (including phenoxy) is 4. The van der Waals surface area contributed by atoms with Crippen LogP contribution in [0.15, 0.2) is 77.2 Å². The Morgan fingerprint density at radius 2 is 1.53 bits per heavy atom. The minimum Gasteiger partial charge on any atom is -0.493 e. The van der Waals surface area contributed by atoms with Crippen molar-refractivity contribution in [3.8, 4) is 23.0 Å². The molecule has 4 aromatic rings. The second-order valence-electron chi connectivity index (χ2n) is 10.5. The van der Waals surface area contributed by atoms with E-state index in [1.807, 2.05) is 53.4 Å². The predicted molar refractivity (Wildman–Crippen MR) is 158 cm³/mol. The maximum atomic E-state index is 14.2. The maximum absolute atomic E-state index is 14.2. The molecule has 1 aromatic heterocycles. The first-order valence-electron chi connectivity index (χ1n) is 14.2. The van der Waals surface area contributed by atoms with Crippen molar-refractivity contribution >= 4 is 11.6 Å². The number of hydrogen-bond acceptors (Lipinski definition) is 8. The molecule has 0 radical (unpaired) electrons. The minimum absolute atomic E-state index is 0.165. The third kappa shape index (κ3) is 6.39. The van der Waals surface area contributed by atoms with Gasteiger partial charge in [-0.15, -0.1) is 0 Å². The smallest absolute Gasteiger partial charge is 0.289 e. The van der Waals surface area contributed by atoms with Crippen molar-refractivity contribution in [1.82, 2.24) is 9.80 Å². The summed E-state index contributed by atoms with van der Waals surface area (Å²) in [6.07, 6.45) is 0. The van der Waals surface area contributed by atoms with Crippen LogP contribution in [0.1, 0.15) is 27.4 Å². The number of piperazine rings is 1. The van der Waals surface area contributed by atoms with Crippen molar-refractivity contribution in [2.45, 2.75) is 19.6 Å². The van der Waals surface area contributed by atoms with Crippen LogP contribution in [0, 0.1) is 5.82 Å². The number of benzene rings is 3. The standard InChI is InChI=1S/C33H34FN3O6/c1-39-28-10-7-23(17-31(28)40-2)19-35(20-24-8-11-29-32(18-24)42-22-41-29)21-25-9-12-30(43-25)33(38)37-15-13-36(14-16-37)27-6-4-3-5-26(27)34/h3-12,17-18H,13-16,19-22H2,1-2H3. The van der Waals surface area contributed by atoms with E-state index < -0.39 is 0 Å². The molecular weight excluding hydrogens is 553 g/mol. The normalized spacial score (nSPS) is 14.3. The maximum Gasteiger partial charge on any atom is 0.289 e. The largest absolute Gasteiger partial charge is 0.493 e. The van der Waals surface area contributed by atoms with Gasteiger partial charge >= 0.3 is 0 Å². The number of carbonyl (C=O) groups excluding carboxylic acids is 1. The highest BCUT2D eigenvalue weighted by molar-refractivity contribution is 5.91. The second kappa shape index (κ2) is 12.7. The molecule has 3 heterocycles. The first-order chi connectivity index (χ1) is 21.0. The zero-order valence-electron chi connectivity index (χ0n) is 24.3. The Morgan fingerprint density at radius 3 is 2.30 bits per heavy atom. The Balaban J connectivity index is 1.15. The quantitative estimate of drug-likeness (QED) is 0.247. The van der Waals surface area contributed by atoms with Crippen LogP contribution >= 0.6 is 0 Å². The number of halogens is 1. The van der Waals surface area contributed by atoms with Crippen molar-refractivity contribution < 1.29 is 32.5 Å².